The van der Waals surface area contributed by atoms with Gasteiger partial charge in [-0.25, -0.2) is 14.3 Å². The maximum Gasteiger partial charge on any atom is 0.490 e. The number of aromatic nitrogens is 3. The highest BCUT2D eigenvalue weighted by atomic mass is 19.4. The highest BCUT2D eigenvalue weighted by Gasteiger charge is 2.38. The van der Waals surface area contributed by atoms with Gasteiger partial charge in [-0.15, -0.1) is 0 Å². The summed E-state index contributed by atoms with van der Waals surface area (Å²) >= 11 is 0. The van der Waals surface area contributed by atoms with E-state index in [4.69, 9.17) is 30.1 Å². The van der Waals surface area contributed by atoms with Gasteiger partial charge in [0, 0.05) is 50.2 Å². The van der Waals surface area contributed by atoms with Crippen LogP contribution in [0.5, 0.6) is 5.75 Å². The molecular weight excluding hydrogens is 535 g/mol. The lowest BCUT2D eigenvalue weighted by Crippen LogP contribution is -2.43. The van der Waals surface area contributed by atoms with Gasteiger partial charge < -0.3 is 35.4 Å². The molecule has 0 spiro atoms. The number of carboxylic acids is 1. The van der Waals surface area contributed by atoms with Crippen molar-refractivity contribution >= 4 is 34.7 Å². The molecule has 1 aromatic carbocycles. The molecule has 216 valence electrons. The summed E-state index contributed by atoms with van der Waals surface area (Å²) < 4.78 is 44.3. The molecule has 15 heteroatoms. The zero-order valence-corrected chi connectivity index (χ0v) is 21.7. The van der Waals surface area contributed by atoms with Crippen LogP contribution < -0.4 is 25.6 Å². The van der Waals surface area contributed by atoms with E-state index in [-0.39, 0.29) is 11.9 Å². The zero-order chi connectivity index (χ0) is 28.9. The van der Waals surface area contributed by atoms with E-state index in [2.05, 4.69) is 20.2 Å². The molecule has 12 nitrogen and oxygen atoms in total. The van der Waals surface area contributed by atoms with Crippen LogP contribution in [-0.2, 0) is 9.53 Å². The number of hydrogen-bond acceptors (Lipinski definition) is 9. The molecule has 0 bridgehead atoms. The van der Waals surface area contributed by atoms with Gasteiger partial charge >= 0.3 is 12.1 Å². The van der Waals surface area contributed by atoms with Gasteiger partial charge in [0.15, 0.2) is 5.65 Å². The second kappa shape index (κ2) is 12.4. The largest absolute Gasteiger partial charge is 0.494 e. The molecule has 0 aliphatic carbocycles. The minimum absolute atomic E-state index is 0.136. The summed E-state index contributed by atoms with van der Waals surface area (Å²) in [7, 11) is 1.60. The molecule has 4 heterocycles. The molecule has 0 radical (unpaired) electrons. The number of carbonyl (C=O) groups excluding carboxylic acids is 1. The third kappa shape index (κ3) is 6.90. The summed E-state index contributed by atoms with van der Waals surface area (Å²) in [4.78, 5) is 31.2. The summed E-state index contributed by atoms with van der Waals surface area (Å²) in [5.74, 6) is -1.64. The number of hydrogen-bond donors (Lipinski definition) is 3. The molecule has 0 saturated carbocycles. The Morgan fingerprint density at radius 1 is 1.18 bits per heavy atom. The standard InChI is InChI=1S/C23H29N7O3.C2HF3O2/c1-32-20-13-17(28-9-11-33-12-10-28)4-5-19(20)26-23(31)18-14-25-30-8-6-21(27-22(18)30)29-7-2-3-16(24)15-29;3-2(4,5)1(6)7/h4-6,8,13-14,16H,2-3,7,9-12,15,24H2,1H3,(H,26,31);(H,6,7)/t16-;/m1./s1. The fraction of sp³-hybridized carbons (Fsp3) is 0.440. The van der Waals surface area contributed by atoms with Crippen molar-refractivity contribution in [2.75, 3.05) is 61.6 Å². The van der Waals surface area contributed by atoms with E-state index in [0.29, 0.717) is 35.9 Å². The Balaban J connectivity index is 0.000000470. The number of anilines is 3. The van der Waals surface area contributed by atoms with Crippen molar-refractivity contribution in [3.63, 3.8) is 0 Å². The van der Waals surface area contributed by atoms with E-state index in [1.165, 1.54) is 6.20 Å². The Labute approximate surface area is 227 Å². The quantitative estimate of drug-likeness (QED) is 0.421. The first-order valence-electron chi connectivity index (χ1n) is 12.5. The Bertz CT molecular complexity index is 1340. The average Bonchev–Trinajstić information content (AvgIpc) is 3.37. The van der Waals surface area contributed by atoms with Crippen molar-refractivity contribution in [3.05, 3.63) is 42.2 Å². The van der Waals surface area contributed by atoms with E-state index in [1.54, 1.807) is 11.6 Å². The third-order valence-electron chi connectivity index (χ3n) is 6.43. The lowest BCUT2D eigenvalue weighted by molar-refractivity contribution is -0.192. The Morgan fingerprint density at radius 3 is 2.55 bits per heavy atom. The van der Waals surface area contributed by atoms with Crippen LogP contribution in [-0.4, -0.2) is 90.3 Å². The normalized spacial score (nSPS) is 17.7. The number of halogens is 3. The minimum atomic E-state index is -5.08. The molecule has 2 aliphatic heterocycles. The number of benzene rings is 1. The summed E-state index contributed by atoms with van der Waals surface area (Å²) in [6.07, 6.45) is 0.330. The van der Waals surface area contributed by atoms with Gasteiger partial charge in [-0.3, -0.25) is 4.79 Å². The van der Waals surface area contributed by atoms with Crippen LogP contribution in [0.2, 0.25) is 0 Å². The number of aliphatic carboxylic acids is 1. The molecule has 2 aromatic heterocycles. The first-order valence-corrected chi connectivity index (χ1v) is 12.5. The SMILES string of the molecule is COc1cc(N2CCOCC2)ccc1NC(=O)c1cnn2ccc(N3CCC[C@@H](N)C3)nc12.O=C(O)C(F)(F)F. The first kappa shape index (κ1) is 28.9. The Kier molecular flexibility index (Phi) is 8.94. The monoisotopic (exact) mass is 565 g/mol. The van der Waals surface area contributed by atoms with Crippen LogP contribution in [0.1, 0.15) is 23.2 Å². The number of piperidine rings is 1. The van der Waals surface area contributed by atoms with E-state index in [9.17, 15) is 18.0 Å². The summed E-state index contributed by atoms with van der Waals surface area (Å²) in [6, 6.07) is 7.83. The summed E-state index contributed by atoms with van der Waals surface area (Å²) in [5.41, 5.74) is 8.67. The highest BCUT2D eigenvalue weighted by Crippen LogP contribution is 2.31. The van der Waals surface area contributed by atoms with Gasteiger partial charge in [-0.2, -0.15) is 18.3 Å². The maximum absolute atomic E-state index is 13.2. The maximum atomic E-state index is 13.2. The summed E-state index contributed by atoms with van der Waals surface area (Å²) in [6.45, 7) is 4.72. The van der Waals surface area contributed by atoms with Gasteiger partial charge in [0.25, 0.3) is 5.91 Å². The molecule has 5 rings (SSSR count). The lowest BCUT2D eigenvalue weighted by atomic mass is 10.1. The van der Waals surface area contributed by atoms with Crippen LogP contribution in [0.25, 0.3) is 5.65 Å². The number of nitrogens with zero attached hydrogens (tertiary/aromatic N) is 5. The molecule has 40 heavy (non-hydrogen) atoms. The lowest BCUT2D eigenvalue weighted by Gasteiger charge is -2.31. The third-order valence-corrected chi connectivity index (χ3v) is 6.43. The number of nitrogens with two attached hydrogens (primary N) is 1. The van der Waals surface area contributed by atoms with Crippen molar-refractivity contribution < 1.29 is 37.3 Å². The Hall–Kier alpha value is -4.11. The average molecular weight is 566 g/mol. The topological polar surface area (TPSA) is 148 Å². The molecule has 1 amide bonds. The van der Waals surface area contributed by atoms with E-state index in [1.807, 2.05) is 30.5 Å². The number of carbonyl (C=O) groups is 2. The number of ether oxygens (including phenoxy) is 2. The van der Waals surface area contributed by atoms with Gasteiger partial charge in [0.1, 0.15) is 17.1 Å². The van der Waals surface area contributed by atoms with Gasteiger partial charge in [-0.1, -0.05) is 0 Å². The molecule has 2 fully saturated rings. The molecule has 2 aliphatic rings. The number of amides is 1. The fourth-order valence-corrected chi connectivity index (χ4v) is 4.40. The van der Waals surface area contributed by atoms with Gasteiger partial charge in [-0.05, 0) is 31.0 Å². The van der Waals surface area contributed by atoms with Crippen LogP contribution in [0.4, 0.5) is 30.4 Å². The van der Waals surface area contributed by atoms with Crippen molar-refractivity contribution in [2.45, 2.75) is 25.1 Å². The number of alkyl halides is 3. The fourth-order valence-electron chi connectivity index (χ4n) is 4.40. The second-order valence-corrected chi connectivity index (χ2v) is 9.20. The van der Waals surface area contributed by atoms with E-state index < -0.39 is 12.1 Å². The van der Waals surface area contributed by atoms with Crippen LogP contribution >= 0.6 is 0 Å². The van der Waals surface area contributed by atoms with Crippen LogP contribution in [0.15, 0.2) is 36.7 Å². The predicted octanol–water partition coefficient (Wildman–Crippen LogP) is 2.39. The number of rotatable bonds is 5. The highest BCUT2D eigenvalue weighted by molar-refractivity contribution is 6.09. The van der Waals surface area contributed by atoms with Crippen molar-refractivity contribution in [3.8, 4) is 5.75 Å². The Morgan fingerprint density at radius 2 is 1.90 bits per heavy atom. The number of fused-ring (bicyclic) bond motifs is 1. The number of nitrogens with one attached hydrogen (secondary N) is 1. The number of methoxy groups -OCH3 is 1. The molecule has 3 aromatic rings. The van der Waals surface area contributed by atoms with E-state index >= 15 is 0 Å². The van der Waals surface area contributed by atoms with Gasteiger partial charge in [0.05, 0.1) is 32.2 Å². The minimum Gasteiger partial charge on any atom is -0.494 e. The summed E-state index contributed by atoms with van der Waals surface area (Å²) in [5, 5.41) is 14.4. The number of morpholine rings is 1. The molecular formula is C25H30F3N7O5. The molecule has 1 atom stereocenters. The molecule has 2 saturated heterocycles. The van der Waals surface area contributed by atoms with Crippen molar-refractivity contribution in [1.82, 2.24) is 14.6 Å². The zero-order valence-electron chi connectivity index (χ0n) is 21.7. The smallest absolute Gasteiger partial charge is 0.490 e. The van der Waals surface area contributed by atoms with Crippen molar-refractivity contribution in [1.29, 1.82) is 0 Å². The predicted molar refractivity (Wildman–Crippen MR) is 140 cm³/mol. The van der Waals surface area contributed by atoms with Crippen LogP contribution in [0.3, 0.4) is 0 Å². The van der Waals surface area contributed by atoms with Crippen LogP contribution in [0, 0.1) is 0 Å². The molecule has 0 unspecified atom stereocenters. The van der Waals surface area contributed by atoms with Gasteiger partial charge in [0.2, 0.25) is 0 Å². The molecule has 4 N–H and O–H groups in total. The van der Waals surface area contributed by atoms with Crippen molar-refractivity contribution in [2.24, 2.45) is 5.73 Å². The first-order chi connectivity index (χ1) is 19.1. The number of carboxylic acid groups (broad SMARTS) is 1. The second-order valence-electron chi connectivity index (χ2n) is 9.20. The van der Waals surface area contributed by atoms with E-state index in [0.717, 1.165) is 50.5 Å².